The van der Waals surface area contributed by atoms with Gasteiger partial charge in [0.15, 0.2) is 0 Å². The third-order valence-electron chi connectivity index (χ3n) is 2.52. The van der Waals surface area contributed by atoms with E-state index in [0.29, 0.717) is 6.42 Å². The minimum absolute atomic E-state index is 0.181. The Morgan fingerprint density at radius 2 is 2.12 bits per heavy atom. The lowest BCUT2D eigenvalue weighted by molar-refractivity contribution is 0.491. The van der Waals surface area contributed by atoms with Crippen molar-refractivity contribution in [1.29, 1.82) is 0 Å². The van der Waals surface area contributed by atoms with Crippen LogP contribution in [0.4, 0.5) is 0 Å². The Kier molecular flexibility index (Phi) is 3.43. The van der Waals surface area contributed by atoms with Crippen molar-refractivity contribution in [2.45, 2.75) is 32.4 Å². The van der Waals surface area contributed by atoms with E-state index in [1.165, 1.54) is 6.33 Å². The van der Waals surface area contributed by atoms with Gasteiger partial charge in [-0.05, 0) is 19.9 Å². The van der Waals surface area contributed by atoms with Crippen LogP contribution in [0.2, 0.25) is 0 Å². The average molecular weight is 232 g/mol. The van der Waals surface area contributed by atoms with Gasteiger partial charge in [0.2, 0.25) is 0 Å². The summed E-state index contributed by atoms with van der Waals surface area (Å²) in [7, 11) is 0. The van der Waals surface area contributed by atoms with Crippen LogP contribution in [0, 0.1) is 0 Å². The smallest absolute Gasteiger partial charge is 0.138 e. The molecule has 0 aromatic carbocycles. The third-order valence-corrected chi connectivity index (χ3v) is 2.52. The monoisotopic (exact) mass is 232 g/mol. The molecular weight excluding hydrogens is 216 g/mol. The zero-order valence-corrected chi connectivity index (χ0v) is 9.98. The highest BCUT2D eigenvalue weighted by molar-refractivity contribution is 5.07. The number of nitrogens with zero attached hydrogens (tertiary/aromatic N) is 5. The zero-order chi connectivity index (χ0) is 12.3. The van der Waals surface area contributed by atoms with Gasteiger partial charge >= 0.3 is 0 Å². The van der Waals surface area contributed by atoms with Crippen LogP contribution in [0.25, 0.3) is 0 Å². The summed E-state index contributed by atoms with van der Waals surface area (Å²) in [6.07, 6.45) is 5.37. The molecule has 2 aromatic heterocycles. The van der Waals surface area contributed by atoms with Gasteiger partial charge in [-0.25, -0.2) is 19.6 Å². The van der Waals surface area contributed by atoms with E-state index in [0.717, 1.165) is 11.5 Å². The maximum absolute atomic E-state index is 6.08. The zero-order valence-electron chi connectivity index (χ0n) is 9.98. The van der Waals surface area contributed by atoms with E-state index >= 15 is 0 Å². The molecule has 0 saturated carbocycles. The molecule has 6 heteroatoms. The summed E-state index contributed by atoms with van der Waals surface area (Å²) in [5.74, 6) is 0.881. The van der Waals surface area contributed by atoms with Crippen molar-refractivity contribution in [2.75, 3.05) is 0 Å². The largest absolute Gasteiger partial charge is 0.322 e. The number of hydrogen-bond acceptors (Lipinski definition) is 5. The summed E-state index contributed by atoms with van der Waals surface area (Å²) in [6, 6.07) is 1.92. The molecule has 0 radical (unpaired) electrons. The number of nitrogens with two attached hydrogens (primary N) is 1. The topological polar surface area (TPSA) is 82.5 Å². The molecule has 6 nitrogen and oxygen atoms in total. The van der Waals surface area contributed by atoms with Gasteiger partial charge in [0.1, 0.15) is 18.5 Å². The lowest BCUT2D eigenvalue weighted by Crippen LogP contribution is -2.19. The number of rotatable bonds is 4. The standard InChI is InChI=1S/C11H16N6/c1-8(2)17-11(15-7-16-17)5-9(12)10-3-4-13-6-14-10/h3-4,6-9H,5,12H2,1-2H3. The molecule has 2 heterocycles. The fourth-order valence-corrected chi connectivity index (χ4v) is 1.67. The van der Waals surface area contributed by atoms with Gasteiger partial charge in [-0.2, -0.15) is 5.10 Å². The van der Waals surface area contributed by atoms with Crippen LogP contribution < -0.4 is 5.73 Å². The molecular formula is C11H16N6. The lowest BCUT2D eigenvalue weighted by Gasteiger charge is -2.13. The quantitative estimate of drug-likeness (QED) is 0.846. The van der Waals surface area contributed by atoms with E-state index in [1.807, 2.05) is 10.7 Å². The minimum Gasteiger partial charge on any atom is -0.322 e. The highest BCUT2D eigenvalue weighted by Gasteiger charge is 2.14. The molecule has 17 heavy (non-hydrogen) atoms. The van der Waals surface area contributed by atoms with Crippen LogP contribution in [-0.2, 0) is 6.42 Å². The Morgan fingerprint density at radius 1 is 1.29 bits per heavy atom. The summed E-state index contributed by atoms with van der Waals surface area (Å²) >= 11 is 0. The van der Waals surface area contributed by atoms with E-state index in [-0.39, 0.29) is 12.1 Å². The van der Waals surface area contributed by atoms with E-state index in [4.69, 9.17) is 5.73 Å². The van der Waals surface area contributed by atoms with E-state index in [9.17, 15) is 0 Å². The Hall–Kier alpha value is -1.82. The molecule has 0 bridgehead atoms. The molecule has 0 aliphatic rings. The van der Waals surface area contributed by atoms with Crippen LogP contribution in [0.3, 0.4) is 0 Å². The molecule has 0 amide bonds. The predicted molar refractivity (Wildman–Crippen MR) is 63.1 cm³/mol. The SMILES string of the molecule is CC(C)n1ncnc1CC(N)c1ccncn1. The van der Waals surface area contributed by atoms with Crippen LogP contribution in [0.1, 0.15) is 37.4 Å². The highest BCUT2D eigenvalue weighted by atomic mass is 15.3. The lowest BCUT2D eigenvalue weighted by atomic mass is 10.1. The van der Waals surface area contributed by atoms with Crippen molar-refractivity contribution in [3.8, 4) is 0 Å². The summed E-state index contributed by atoms with van der Waals surface area (Å²) in [5, 5.41) is 4.18. The number of aromatic nitrogens is 5. The van der Waals surface area contributed by atoms with Gasteiger partial charge in [-0.3, -0.25) is 0 Å². The summed E-state index contributed by atoms with van der Waals surface area (Å²) in [6.45, 7) is 4.13. The van der Waals surface area contributed by atoms with E-state index in [2.05, 4.69) is 33.9 Å². The summed E-state index contributed by atoms with van der Waals surface area (Å²) in [5.41, 5.74) is 6.90. The first kappa shape index (κ1) is 11.7. The fourth-order valence-electron chi connectivity index (χ4n) is 1.67. The Labute approximate surface area is 99.9 Å². The molecule has 1 unspecified atom stereocenters. The highest BCUT2D eigenvalue weighted by Crippen LogP contribution is 2.13. The first-order valence-corrected chi connectivity index (χ1v) is 5.58. The van der Waals surface area contributed by atoms with Crippen molar-refractivity contribution in [3.05, 3.63) is 36.4 Å². The van der Waals surface area contributed by atoms with Crippen molar-refractivity contribution in [1.82, 2.24) is 24.7 Å². The van der Waals surface area contributed by atoms with Crippen LogP contribution in [0.15, 0.2) is 24.9 Å². The van der Waals surface area contributed by atoms with Gasteiger partial charge in [0.25, 0.3) is 0 Å². The molecule has 2 N–H and O–H groups in total. The first-order valence-electron chi connectivity index (χ1n) is 5.58. The molecule has 2 rings (SSSR count). The van der Waals surface area contributed by atoms with Crippen LogP contribution in [0.5, 0.6) is 0 Å². The molecule has 2 aromatic rings. The normalized spacial score (nSPS) is 12.9. The Balaban J connectivity index is 2.13. The van der Waals surface area contributed by atoms with Crippen LogP contribution in [-0.4, -0.2) is 24.7 Å². The van der Waals surface area contributed by atoms with Gasteiger partial charge < -0.3 is 5.73 Å². The van der Waals surface area contributed by atoms with E-state index in [1.54, 1.807) is 12.5 Å². The van der Waals surface area contributed by atoms with Gasteiger partial charge in [-0.1, -0.05) is 0 Å². The molecule has 0 aliphatic heterocycles. The Morgan fingerprint density at radius 3 is 2.76 bits per heavy atom. The van der Waals surface area contributed by atoms with Crippen molar-refractivity contribution in [2.24, 2.45) is 5.73 Å². The first-order chi connectivity index (χ1) is 8.18. The number of hydrogen-bond donors (Lipinski definition) is 1. The third kappa shape index (κ3) is 2.65. The molecule has 0 fully saturated rings. The van der Waals surface area contributed by atoms with Gasteiger partial charge in [-0.15, -0.1) is 0 Å². The van der Waals surface area contributed by atoms with Gasteiger partial charge in [0, 0.05) is 18.7 Å². The molecule has 0 saturated heterocycles. The molecule has 90 valence electrons. The van der Waals surface area contributed by atoms with E-state index < -0.39 is 0 Å². The second kappa shape index (κ2) is 5.01. The fraction of sp³-hybridized carbons (Fsp3) is 0.455. The summed E-state index contributed by atoms with van der Waals surface area (Å²) in [4.78, 5) is 12.2. The van der Waals surface area contributed by atoms with Crippen molar-refractivity contribution < 1.29 is 0 Å². The maximum Gasteiger partial charge on any atom is 0.138 e. The van der Waals surface area contributed by atoms with Crippen molar-refractivity contribution >= 4 is 0 Å². The molecule has 0 aliphatic carbocycles. The second-order valence-electron chi connectivity index (χ2n) is 4.16. The summed E-state index contributed by atoms with van der Waals surface area (Å²) < 4.78 is 1.88. The molecule has 0 spiro atoms. The van der Waals surface area contributed by atoms with Gasteiger partial charge in [0.05, 0.1) is 11.7 Å². The average Bonchev–Trinajstić information content (AvgIpc) is 2.78. The predicted octanol–water partition coefficient (Wildman–Crippen LogP) is 0.892. The molecule has 1 atom stereocenters. The second-order valence-corrected chi connectivity index (χ2v) is 4.16. The van der Waals surface area contributed by atoms with Crippen molar-refractivity contribution in [3.63, 3.8) is 0 Å². The minimum atomic E-state index is -0.181. The van der Waals surface area contributed by atoms with Crippen LogP contribution >= 0.6 is 0 Å². The Bertz CT molecular complexity index is 464. The maximum atomic E-state index is 6.08.